The molecule has 5 heteroatoms. The molecule has 0 aliphatic rings. The minimum Gasteiger partial charge on any atom is -0.495 e. The molecule has 2 rings (SSSR count). The fourth-order valence-electron chi connectivity index (χ4n) is 2.12. The Hall–Kier alpha value is -0.520. The maximum absolute atomic E-state index is 5.55. The zero-order valence-electron chi connectivity index (χ0n) is 11.9. The largest absolute Gasteiger partial charge is 0.495 e. The number of hydrogen-bond acceptors (Lipinski definition) is 2. The van der Waals surface area contributed by atoms with Gasteiger partial charge in [-0.05, 0) is 46.1 Å². The highest BCUT2D eigenvalue weighted by molar-refractivity contribution is 9.11. The van der Waals surface area contributed by atoms with E-state index in [1.165, 1.54) is 5.56 Å². The summed E-state index contributed by atoms with van der Waals surface area (Å²) < 4.78 is 12.8. The van der Waals surface area contributed by atoms with Gasteiger partial charge in [-0.25, -0.2) is 0 Å². The molecule has 1 unspecified atom stereocenters. The molecular weight excluding hydrogens is 464 g/mol. The summed E-state index contributed by atoms with van der Waals surface area (Å²) in [5.41, 5.74) is 3.40. The highest BCUT2D eigenvalue weighted by Crippen LogP contribution is 2.45. The van der Waals surface area contributed by atoms with Crippen LogP contribution in [0.5, 0.6) is 11.5 Å². The Labute approximate surface area is 150 Å². The van der Waals surface area contributed by atoms with Crippen LogP contribution in [0.25, 0.3) is 0 Å². The number of halogens is 3. The minimum absolute atomic E-state index is 0.0182. The smallest absolute Gasteiger partial charge is 0.141 e. The lowest BCUT2D eigenvalue weighted by Crippen LogP contribution is -2.00. The lowest BCUT2D eigenvalue weighted by molar-refractivity contribution is 0.386. The van der Waals surface area contributed by atoms with Gasteiger partial charge >= 0.3 is 0 Å². The molecule has 0 aliphatic heterocycles. The van der Waals surface area contributed by atoms with Gasteiger partial charge < -0.3 is 9.47 Å². The molecule has 112 valence electrons. The van der Waals surface area contributed by atoms with E-state index in [0.29, 0.717) is 0 Å². The van der Waals surface area contributed by atoms with E-state index in [2.05, 4.69) is 72.9 Å². The van der Waals surface area contributed by atoms with Crippen LogP contribution in [0, 0.1) is 6.92 Å². The quantitative estimate of drug-likeness (QED) is 0.500. The van der Waals surface area contributed by atoms with Crippen LogP contribution in [0.1, 0.15) is 21.5 Å². The van der Waals surface area contributed by atoms with Crippen LogP contribution in [0.4, 0.5) is 0 Å². The van der Waals surface area contributed by atoms with E-state index in [0.717, 1.165) is 31.6 Å². The molecule has 0 amide bonds. The van der Waals surface area contributed by atoms with Crippen molar-refractivity contribution in [3.05, 3.63) is 56.0 Å². The summed E-state index contributed by atoms with van der Waals surface area (Å²) >= 11 is 10.9. The van der Waals surface area contributed by atoms with Gasteiger partial charge in [0, 0.05) is 10.0 Å². The molecule has 0 aromatic heterocycles. The van der Waals surface area contributed by atoms with Crippen LogP contribution in [0.3, 0.4) is 0 Å². The van der Waals surface area contributed by atoms with E-state index in [4.69, 9.17) is 9.47 Å². The molecule has 0 fully saturated rings. The molecule has 0 saturated heterocycles. The molecular formula is C16H15Br3O2. The zero-order chi connectivity index (χ0) is 15.6. The van der Waals surface area contributed by atoms with Crippen molar-refractivity contribution in [3.8, 4) is 11.5 Å². The second kappa shape index (κ2) is 7.16. The molecule has 21 heavy (non-hydrogen) atoms. The molecule has 0 aliphatic carbocycles. The topological polar surface area (TPSA) is 18.5 Å². The third-order valence-corrected chi connectivity index (χ3v) is 5.64. The van der Waals surface area contributed by atoms with Crippen LogP contribution >= 0.6 is 47.8 Å². The summed E-state index contributed by atoms with van der Waals surface area (Å²) in [7, 11) is 3.30. The first-order chi connectivity index (χ1) is 9.99. The maximum Gasteiger partial charge on any atom is 0.141 e. The first kappa shape index (κ1) is 16.8. The average Bonchev–Trinajstić information content (AvgIpc) is 2.46. The van der Waals surface area contributed by atoms with Crippen LogP contribution in [0.2, 0.25) is 0 Å². The molecule has 1 atom stereocenters. The van der Waals surface area contributed by atoms with Gasteiger partial charge in [-0.1, -0.05) is 50.1 Å². The van der Waals surface area contributed by atoms with Crippen molar-refractivity contribution in [3.63, 3.8) is 0 Å². The van der Waals surface area contributed by atoms with Gasteiger partial charge in [0.2, 0.25) is 0 Å². The first-order valence-electron chi connectivity index (χ1n) is 6.30. The molecule has 2 aromatic carbocycles. The summed E-state index contributed by atoms with van der Waals surface area (Å²) in [4.78, 5) is 0.0182. The van der Waals surface area contributed by atoms with Crippen LogP contribution in [-0.2, 0) is 0 Å². The molecule has 0 spiro atoms. The van der Waals surface area contributed by atoms with Crippen molar-refractivity contribution in [1.29, 1.82) is 0 Å². The number of alkyl halides is 1. The van der Waals surface area contributed by atoms with Crippen molar-refractivity contribution < 1.29 is 9.47 Å². The number of aryl methyl sites for hydroxylation is 1. The van der Waals surface area contributed by atoms with Crippen molar-refractivity contribution in [2.24, 2.45) is 0 Å². The number of ether oxygens (including phenoxy) is 2. The molecule has 2 aromatic rings. The Morgan fingerprint density at radius 3 is 2.19 bits per heavy atom. The van der Waals surface area contributed by atoms with Crippen molar-refractivity contribution >= 4 is 47.8 Å². The highest BCUT2D eigenvalue weighted by Gasteiger charge is 2.21. The monoisotopic (exact) mass is 476 g/mol. The Balaban J connectivity index is 2.52. The normalized spacial score (nSPS) is 12.1. The van der Waals surface area contributed by atoms with Crippen molar-refractivity contribution in [2.75, 3.05) is 14.2 Å². The maximum atomic E-state index is 5.55. The fourth-order valence-corrected chi connectivity index (χ4v) is 4.60. The number of rotatable bonds is 4. The van der Waals surface area contributed by atoms with E-state index in [9.17, 15) is 0 Å². The SMILES string of the molecule is COc1ccc(C(Br)c2ccc(C)cc2Br)c(OC)c1Br. The van der Waals surface area contributed by atoms with Gasteiger partial charge in [-0.2, -0.15) is 0 Å². The molecule has 0 radical (unpaired) electrons. The highest BCUT2D eigenvalue weighted by atomic mass is 79.9. The standard InChI is InChI=1S/C16H15Br3O2/c1-9-4-5-10(12(17)8-9)14(18)11-6-7-13(20-2)15(19)16(11)21-3/h4-8,14H,1-3H3. The van der Waals surface area contributed by atoms with Gasteiger partial charge in [-0.3, -0.25) is 0 Å². The summed E-state index contributed by atoms with van der Waals surface area (Å²) in [6, 6.07) is 10.2. The second-order valence-electron chi connectivity index (χ2n) is 4.59. The lowest BCUT2D eigenvalue weighted by atomic mass is 10.0. The summed E-state index contributed by atoms with van der Waals surface area (Å²) in [6.45, 7) is 2.07. The van der Waals surface area contributed by atoms with Crippen LogP contribution < -0.4 is 9.47 Å². The molecule has 0 N–H and O–H groups in total. The number of methoxy groups -OCH3 is 2. The third-order valence-electron chi connectivity index (χ3n) is 3.22. The first-order valence-corrected chi connectivity index (χ1v) is 8.80. The summed E-state index contributed by atoms with van der Waals surface area (Å²) in [5, 5.41) is 0. The molecule has 2 nitrogen and oxygen atoms in total. The Kier molecular flexibility index (Phi) is 5.74. The second-order valence-corrected chi connectivity index (χ2v) is 7.15. The average molecular weight is 479 g/mol. The van der Waals surface area contributed by atoms with Crippen LogP contribution in [0.15, 0.2) is 39.3 Å². The van der Waals surface area contributed by atoms with E-state index >= 15 is 0 Å². The Bertz CT molecular complexity index is 656. The van der Waals surface area contributed by atoms with Crippen molar-refractivity contribution in [1.82, 2.24) is 0 Å². The molecule has 0 saturated carbocycles. The van der Waals surface area contributed by atoms with E-state index in [1.54, 1.807) is 14.2 Å². The zero-order valence-corrected chi connectivity index (χ0v) is 16.7. The van der Waals surface area contributed by atoms with E-state index < -0.39 is 0 Å². The van der Waals surface area contributed by atoms with Gasteiger partial charge in [0.05, 0.1) is 19.0 Å². The summed E-state index contributed by atoms with van der Waals surface area (Å²) in [5.74, 6) is 1.52. The fraction of sp³-hybridized carbons (Fsp3) is 0.250. The van der Waals surface area contributed by atoms with Gasteiger partial charge in [0.15, 0.2) is 0 Å². The van der Waals surface area contributed by atoms with Crippen LogP contribution in [-0.4, -0.2) is 14.2 Å². The van der Waals surface area contributed by atoms with Crippen molar-refractivity contribution in [2.45, 2.75) is 11.8 Å². The number of hydrogen-bond donors (Lipinski definition) is 0. The predicted molar refractivity (Wildman–Crippen MR) is 96.9 cm³/mol. The van der Waals surface area contributed by atoms with Gasteiger partial charge in [-0.15, -0.1) is 0 Å². The molecule has 0 heterocycles. The third kappa shape index (κ3) is 3.46. The predicted octanol–water partition coefficient (Wildman–Crippen LogP) is 6.02. The Morgan fingerprint density at radius 1 is 0.952 bits per heavy atom. The Morgan fingerprint density at radius 2 is 1.62 bits per heavy atom. The van der Waals surface area contributed by atoms with Gasteiger partial charge in [0.25, 0.3) is 0 Å². The minimum atomic E-state index is 0.0182. The lowest BCUT2D eigenvalue weighted by Gasteiger charge is -2.19. The molecule has 0 bridgehead atoms. The number of benzene rings is 2. The van der Waals surface area contributed by atoms with E-state index in [1.807, 2.05) is 12.1 Å². The summed E-state index contributed by atoms with van der Waals surface area (Å²) in [6.07, 6.45) is 0. The van der Waals surface area contributed by atoms with E-state index in [-0.39, 0.29) is 4.83 Å². The van der Waals surface area contributed by atoms with Gasteiger partial charge in [0.1, 0.15) is 16.0 Å².